The molecule has 3 heterocycles. The number of carbonyl (C=O) groups is 2. The molecular formula is C23H26N2O4S. The fourth-order valence-electron chi connectivity index (χ4n) is 4.25. The normalized spacial score (nSPS) is 21.3. The van der Waals surface area contributed by atoms with Crippen LogP contribution in [0.3, 0.4) is 0 Å². The number of benzene rings is 1. The molecule has 7 heteroatoms. The first-order valence-corrected chi connectivity index (χ1v) is 12.0. The van der Waals surface area contributed by atoms with Crippen molar-refractivity contribution in [3.63, 3.8) is 0 Å². The van der Waals surface area contributed by atoms with E-state index in [9.17, 15) is 18.0 Å². The van der Waals surface area contributed by atoms with Crippen molar-refractivity contribution < 1.29 is 18.0 Å². The fourth-order valence-corrected chi connectivity index (χ4v) is 6.06. The van der Waals surface area contributed by atoms with Crippen LogP contribution in [0.4, 0.5) is 11.5 Å². The Morgan fingerprint density at radius 3 is 2.37 bits per heavy atom. The Bertz CT molecular complexity index is 1110. The van der Waals surface area contributed by atoms with E-state index >= 15 is 0 Å². The van der Waals surface area contributed by atoms with Crippen molar-refractivity contribution in [2.45, 2.75) is 45.4 Å². The Kier molecular flexibility index (Phi) is 4.84. The predicted molar refractivity (Wildman–Crippen MR) is 116 cm³/mol. The number of amides is 1. The number of nitrogens with zero attached hydrogens (tertiary/aromatic N) is 2. The number of aromatic nitrogens is 1. The van der Waals surface area contributed by atoms with E-state index in [1.165, 1.54) is 6.20 Å². The van der Waals surface area contributed by atoms with Crippen LogP contribution in [0.1, 0.15) is 56.0 Å². The number of ketones is 1. The van der Waals surface area contributed by atoms with Gasteiger partial charge in [0.05, 0.1) is 22.6 Å². The monoisotopic (exact) mass is 426 g/mol. The lowest BCUT2D eigenvalue weighted by atomic mass is 9.78. The molecule has 0 aliphatic carbocycles. The van der Waals surface area contributed by atoms with Gasteiger partial charge in [0.1, 0.15) is 15.7 Å². The van der Waals surface area contributed by atoms with Gasteiger partial charge in [-0.05, 0) is 50.3 Å². The van der Waals surface area contributed by atoms with Gasteiger partial charge in [0, 0.05) is 23.7 Å². The maximum Gasteiger partial charge on any atom is 0.242 e. The molecule has 0 unspecified atom stereocenters. The SMILES string of the molecule is CC1(CC(=O)c2cnc3c(c2)C(C)(C)C(=O)N3c2ccccc2)CCS(=O)(=O)CC1. The summed E-state index contributed by atoms with van der Waals surface area (Å²) in [6, 6.07) is 11.1. The first kappa shape index (κ1) is 20.7. The number of sulfone groups is 1. The van der Waals surface area contributed by atoms with Gasteiger partial charge in [-0.2, -0.15) is 0 Å². The Labute approximate surface area is 177 Å². The van der Waals surface area contributed by atoms with Gasteiger partial charge in [-0.1, -0.05) is 25.1 Å². The summed E-state index contributed by atoms with van der Waals surface area (Å²) in [7, 11) is -2.98. The van der Waals surface area contributed by atoms with Crippen LogP contribution < -0.4 is 4.90 Å². The molecule has 1 amide bonds. The standard InChI is InChI=1S/C23H26N2O4S/c1-22(2)18-13-16(19(26)14-23(3)9-11-30(28,29)12-10-23)15-24-20(18)25(21(22)27)17-7-5-4-6-8-17/h4-8,13,15H,9-12,14H2,1-3H3. The number of para-hydroxylation sites is 1. The maximum atomic E-state index is 13.1. The molecule has 6 nitrogen and oxygen atoms in total. The van der Waals surface area contributed by atoms with Gasteiger partial charge < -0.3 is 0 Å². The van der Waals surface area contributed by atoms with Crippen molar-refractivity contribution in [3.8, 4) is 0 Å². The summed E-state index contributed by atoms with van der Waals surface area (Å²) in [6.07, 6.45) is 2.80. The van der Waals surface area contributed by atoms with Crippen LogP contribution in [-0.4, -0.2) is 36.6 Å². The number of anilines is 2. The lowest BCUT2D eigenvalue weighted by molar-refractivity contribution is -0.121. The highest BCUT2D eigenvalue weighted by Crippen LogP contribution is 2.44. The van der Waals surface area contributed by atoms with Gasteiger partial charge >= 0.3 is 0 Å². The van der Waals surface area contributed by atoms with Crippen LogP contribution in [-0.2, 0) is 20.0 Å². The zero-order valence-corrected chi connectivity index (χ0v) is 18.3. The second kappa shape index (κ2) is 7.01. The average Bonchev–Trinajstić information content (AvgIpc) is 2.91. The van der Waals surface area contributed by atoms with Gasteiger partial charge in [0.25, 0.3) is 0 Å². The van der Waals surface area contributed by atoms with E-state index in [-0.39, 0.29) is 35.0 Å². The van der Waals surface area contributed by atoms with Crippen molar-refractivity contribution in [2.24, 2.45) is 5.41 Å². The molecule has 30 heavy (non-hydrogen) atoms. The van der Waals surface area contributed by atoms with E-state index in [0.717, 1.165) is 11.3 Å². The molecule has 0 bridgehead atoms. The average molecular weight is 427 g/mol. The summed E-state index contributed by atoms with van der Waals surface area (Å²) >= 11 is 0. The van der Waals surface area contributed by atoms with Crippen molar-refractivity contribution in [1.29, 1.82) is 0 Å². The minimum Gasteiger partial charge on any atom is -0.294 e. The smallest absolute Gasteiger partial charge is 0.242 e. The van der Waals surface area contributed by atoms with Crippen molar-refractivity contribution >= 4 is 33.0 Å². The molecule has 2 aliphatic heterocycles. The maximum absolute atomic E-state index is 13.1. The van der Waals surface area contributed by atoms with E-state index in [2.05, 4.69) is 4.98 Å². The summed E-state index contributed by atoms with van der Waals surface area (Å²) in [5.41, 5.74) is 0.828. The molecule has 0 atom stereocenters. The van der Waals surface area contributed by atoms with E-state index in [1.807, 2.05) is 51.1 Å². The lowest BCUT2D eigenvalue weighted by Gasteiger charge is -2.32. The quantitative estimate of drug-likeness (QED) is 0.694. The van der Waals surface area contributed by atoms with Gasteiger partial charge in [0.2, 0.25) is 5.91 Å². The van der Waals surface area contributed by atoms with Crippen LogP contribution >= 0.6 is 0 Å². The van der Waals surface area contributed by atoms with Crippen LogP contribution in [0.25, 0.3) is 0 Å². The molecule has 1 aromatic carbocycles. The van der Waals surface area contributed by atoms with Crippen molar-refractivity contribution in [3.05, 3.63) is 53.7 Å². The van der Waals surface area contributed by atoms with Gasteiger partial charge in [0.15, 0.2) is 5.78 Å². The predicted octanol–water partition coefficient (Wildman–Crippen LogP) is 3.83. The number of hydrogen-bond acceptors (Lipinski definition) is 5. The molecule has 2 aliphatic rings. The number of fused-ring (bicyclic) bond motifs is 1. The van der Waals surface area contributed by atoms with E-state index in [4.69, 9.17) is 0 Å². The van der Waals surface area contributed by atoms with Crippen LogP contribution in [0.15, 0.2) is 42.6 Å². The fraction of sp³-hybridized carbons (Fsp3) is 0.435. The third-order valence-electron chi connectivity index (χ3n) is 6.45. The van der Waals surface area contributed by atoms with Crippen LogP contribution in [0.5, 0.6) is 0 Å². The molecule has 0 radical (unpaired) electrons. The summed E-state index contributed by atoms with van der Waals surface area (Å²) in [5.74, 6) is 0.681. The van der Waals surface area contributed by atoms with Crippen molar-refractivity contribution in [1.82, 2.24) is 4.98 Å². The minimum atomic E-state index is -2.98. The number of carbonyl (C=O) groups excluding carboxylic acids is 2. The molecule has 0 saturated carbocycles. The molecule has 2 aromatic rings. The molecule has 1 saturated heterocycles. The van der Waals surface area contributed by atoms with Gasteiger partial charge in [-0.25, -0.2) is 13.4 Å². The Morgan fingerprint density at radius 2 is 1.73 bits per heavy atom. The molecular weight excluding hydrogens is 400 g/mol. The molecule has 0 spiro atoms. The highest BCUT2D eigenvalue weighted by Gasteiger charge is 2.46. The molecule has 158 valence electrons. The van der Waals surface area contributed by atoms with E-state index in [0.29, 0.717) is 24.2 Å². The molecule has 0 N–H and O–H groups in total. The number of hydrogen-bond donors (Lipinski definition) is 0. The zero-order valence-electron chi connectivity index (χ0n) is 17.5. The van der Waals surface area contributed by atoms with Crippen molar-refractivity contribution in [2.75, 3.05) is 16.4 Å². The summed E-state index contributed by atoms with van der Waals surface area (Å²) < 4.78 is 23.5. The summed E-state index contributed by atoms with van der Waals surface area (Å²) in [6.45, 7) is 5.67. The molecule has 1 aromatic heterocycles. The number of pyridine rings is 1. The number of Topliss-reactive ketones (excluding diaryl/α,β-unsaturated/α-hetero) is 1. The highest BCUT2D eigenvalue weighted by molar-refractivity contribution is 7.91. The second-order valence-corrected chi connectivity index (χ2v) is 11.6. The second-order valence-electron chi connectivity index (χ2n) is 9.26. The molecule has 4 rings (SSSR count). The van der Waals surface area contributed by atoms with Gasteiger partial charge in [-0.15, -0.1) is 0 Å². The minimum absolute atomic E-state index is 0.0616. The number of rotatable bonds is 4. The Balaban J connectivity index is 1.63. The molecule has 1 fully saturated rings. The van der Waals surface area contributed by atoms with E-state index in [1.54, 1.807) is 11.0 Å². The lowest BCUT2D eigenvalue weighted by Crippen LogP contribution is -2.33. The third-order valence-corrected chi connectivity index (χ3v) is 8.10. The van der Waals surface area contributed by atoms with Crippen LogP contribution in [0, 0.1) is 5.41 Å². The van der Waals surface area contributed by atoms with Crippen LogP contribution in [0.2, 0.25) is 0 Å². The Morgan fingerprint density at radius 1 is 1.10 bits per heavy atom. The third kappa shape index (κ3) is 3.55. The van der Waals surface area contributed by atoms with Gasteiger partial charge in [-0.3, -0.25) is 14.5 Å². The first-order chi connectivity index (χ1) is 14.0. The first-order valence-electron chi connectivity index (χ1n) is 10.2. The Hall–Kier alpha value is -2.54. The summed E-state index contributed by atoms with van der Waals surface area (Å²) in [5, 5.41) is 0. The van der Waals surface area contributed by atoms with E-state index < -0.39 is 15.3 Å². The topological polar surface area (TPSA) is 84.4 Å². The largest absolute Gasteiger partial charge is 0.294 e. The summed E-state index contributed by atoms with van der Waals surface area (Å²) in [4.78, 5) is 32.3. The zero-order chi connectivity index (χ0) is 21.7. The highest BCUT2D eigenvalue weighted by atomic mass is 32.2.